The van der Waals surface area contributed by atoms with Gasteiger partial charge in [0.25, 0.3) is 0 Å². The maximum atomic E-state index is 12.8. The normalized spacial score (nSPS) is 10.7. The number of hydrogen-bond acceptors (Lipinski definition) is 10. The van der Waals surface area contributed by atoms with Crippen LogP contribution in [-0.4, -0.2) is 37.7 Å². The maximum Gasteiger partial charge on any atom is 0.348 e. The van der Waals surface area contributed by atoms with Crippen molar-refractivity contribution in [3.63, 3.8) is 0 Å². The van der Waals surface area contributed by atoms with E-state index in [1.165, 1.54) is 22.7 Å². The standard InChI is InChI=1S/C28H24O8S2/c1-3-33-26(31)24-21(15-35-19-9-5-17(13-29)6-10-19)23-22(16-36-20-11-7-18(14-30)8-12-20)25(27(32)34-4-2)38-28(23)37-24/h5-14H,3-4,15-16H2,1-2H3. The van der Waals surface area contributed by atoms with Gasteiger partial charge in [0, 0.05) is 27.6 Å². The molecule has 0 fully saturated rings. The van der Waals surface area contributed by atoms with Gasteiger partial charge in [0.1, 0.15) is 47.0 Å². The monoisotopic (exact) mass is 552 g/mol. The Hall–Kier alpha value is -4.02. The number of aldehydes is 2. The molecule has 0 aliphatic heterocycles. The molecular formula is C28H24O8S2. The van der Waals surface area contributed by atoms with Crippen LogP contribution in [0, 0.1) is 0 Å². The van der Waals surface area contributed by atoms with Gasteiger partial charge in [-0.05, 0) is 62.4 Å². The van der Waals surface area contributed by atoms with Crippen molar-refractivity contribution in [1.29, 1.82) is 0 Å². The fourth-order valence-electron chi connectivity index (χ4n) is 3.68. The fourth-order valence-corrected chi connectivity index (χ4v) is 6.27. The number of carbonyl (C=O) groups excluding carboxylic acids is 4. The summed E-state index contributed by atoms with van der Waals surface area (Å²) < 4.78 is 23.3. The average molecular weight is 553 g/mol. The predicted octanol–water partition coefficient (Wildman–Crippen LogP) is 6.10. The van der Waals surface area contributed by atoms with Crippen molar-refractivity contribution in [2.75, 3.05) is 13.2 Å². The molecule has 0 aliphatic rings. The van der Waals surface area contributed by atoms with Crippen LogP contribution in [0.25, 0.3) is 9.40 Å². The van der Waals surface area contributed by atoms with Crippen LogP contribution in [0.3, 0.4) is 0 Å². The van der Waals surface area contributed by atoms with Crippen molar-refractivity contribution in [3.8, 4) is 11.5 Å². The summed E-state index contributed by atoms with van der Waals surface area (Å²) in [6, 6.07) is 13.2. The molecule has 0 saturated carbocycles. The van der Waals surface area contributed by atoms with Gasteiger partial charge in [0.15, 0.2) is 0 Å². The number of fused-ring (bicyclic) bond motifs is 1. The molecule has 0 amide bonds. The van der Waals surface area contributed by atoms with Gasteiger partial charge in [-0.3, -0.25) is 9.59 Å². The number of carbonyl (C=O) groups is 4. The van der Waals surface area contributed by atoms with Gasteiger partial charge in [0.05, 0.1) is 17.2 Å². The summed E-state index contributed by atoms with van der Waals surface area (Å²) in [6.07, 6.45) is 1.48. The first-order valence-corrected chi connectivity index (χ1v) is 13.4. The molecule has 196 valence electrons. The second-order valence-electron chi connectivity index (χ2n) is 7.87. The largest absolute Gasteiger partial charge is 0.489 e. The van der Waals surface area contributed by atoms with E-state index in [-0.39, 0.29) is 26.4 Å². The molecule has 0 saturated heterocycles. The van der Waals surface area contributed by atoms with Gasteiger partial charge >= 0.3 is 11.9 Å². The maximum absolute atomic E-state index is 12.8. The number of hydrogen-bond donors (Lipinski definition) is 0. The minimum atomic E-state index is -0.482. The van der Waals surface area contributed by atoms with Crippen molar-refractivity contribution in [1.82, 2.24) is 0 Å². The molecule has 2 heterocycles. The van der Waals surface area contributed by atoms with E-state index >= 15 is 0 Å². The highest BCUT2D eigenvalue weighted by atomic mass is 32.2. The van der Waals surface area contributed by atoms with Crippen LogP contribution in [0.4, 0.5) is 0 Å². The first-order valence-electron chi connectivity index (χ1n) is 11.8. The number of thiophene rings is 2. The molecule has 0 unspecified atom stereocenters. The molecule has 4 aromatic rings. The smallest absolute Gasteiger partial charge is 0.348 e. The van der Waals surface area contributed by atoms with Crippen molar-refractivity contribution >= 4 is 56.6 Å². The molecule has 10 heteroatoms. The number of benzene rings is 2. The van der Waals surface area contributed by atoms with E-state index in [0.717, 1.165) is 16.6 Å². The Morgan fingerprint density at radius 2 is 1.08 bits per heavy atom. The van der Waals surface area contributed by atoms with Gasteiger partial charge in [-0.1, -0.05) is 0 Å². The highest BCUT2D eigenvalue weighted by Gasteiger charge is 2.29. The number of rotatable bonds is 12. The van der Waals surface area contributed by atoms with Crippen molar-refractivity contribution in [2.24, 2.45) is 0 Å². The predicted molar refractivity (Wildman–Crippen MR) is 144 cm³/mol. The Balaban J connectivity index is 1.76. The molecule has 0 aliphatic carbocycles. The van der Waals surface area contributed by atoms with Crippen LogP contribution < -0.4 is 9.47 Å². The summed E-state index contributed by atoms with van der Waals surface area (Å²) in [7, 11) is 0. The van der Waals surface area contributed by atoms with E-state index in [2.05, 4.69) is 0 Å². The third-order valence-electron chi connectivity index (χ3n) is 5.47. The Morgan fingerprint density at radius 3 is 1.42 bits per heavy atom. The topological polar surface area (TPSA) is 105 Å². The molecule has 0 spiro atoms. The third kappa shape index (κ3) is 5.92. The lowest BCUT2D eigenvalue weighted by molar-refractivity contribution is 0.0520. The first-order chi connectivity index (χ1) is 18.5. The highest BCUT2D eigenvalue weighted by Crippen LogP contribution is 2.43. The fraction of sp³-hybridized carbons (Fsp3) is 0.214. The summed E-state index contributed by atoms with van der Waals surface area (Å²) in [5.41, 5.74) is 2.18. The summed E-state index contributed by atoms with van der Waals surface area (Å²) >= 11 is 2.45. The van der Waals surface area contributed by atoms with E-state index in [1.807, 2.05) is 0 Å². The second-order valence-corrected chi connectivity index (χ2v) is 10.2. The van der Waals surface area contributed by atoms with Crippen LogP contribution in [-0.2, 0) is 22.7 Å². The SMILES string of the molecule is CCOC(=O)c1sc2sc(C(=O)OCC)c(COc3ccc(C=O)cc3)c2c1COc1ccc(C=O)cc1. The van der Waals surface area contributed by atoms with Crippen molar-refractivity contribution in [2.45, 2.75) is 27.1 Å². The molecule has 0 N–H and O–H groups in total. The molecule has 38 heavy (non-hydrogen) atoms. The van der Waals surface area contributed by atoms with Gasteiger partial charge in [-0.2, -0.15) is 0 Å². The lowest BCUT2D eigenvalue weighted by atomic mass is 10.1. The Kier molecular flexibility index (Phi) is 8.88. The van der Waals surface area contributed by atoms with Gasteiger partial charge < -0.3 is 18.9 Å². The zero-order valence-corrected chi connectivity index (χ0v) is 22.3. The third-order valence-corrected chi connectivity index (χ3v) is 7.98. The minimum Gasteiger partial charge on any atom is -0.489 e. The van der Waals surface area contributed by atoms with Crippen molar-refractivity contribution in [3.05, 3.63) is 80.5 Å². The summed E-state index contributed by atoms with van der Waals surface area (Å²) in [5, 5.41) is 0.681. The molecule has 2 aromatic carbocycles. The van der Waals surface area contributed by atoms with Crippen LogP contribution in [0.5, 0.6) is 11.5 Å². The molecule has 4 rings (SSSR count). The molecule has 8 nitrogen and oxygen atoms in total. The zero-order valence-electron chi connectivity index (χ0n) is 20.7. The lowest BCUT2D eigenvalue weighted by Gasteiger charge is -2.11. The molecular weight excluding hydrogens is 528 g/mol. The van der Waals surface area contributed by atoms with Crippen LogP contribution in [0.1, 0.15) is 65.0 Å². The Morgan fingerprint density at radius 1 is 0.684 bits per heavy atom. The number of esters is 2. The summed E-state index contributed by atoms with van der Waals surface area (Å²) in [6.45, 7) is 3.92. The zero-order chi connectivity index (χ0) is 27.1. The molecule has 0 bridgehead atoms. The van der Waals surface area contributed by atoms with Gasteiger partial charge in [0.2, 0.25) is 0 Å². The van der Waals surface area contributed by atoms with Gasteiger partial charge in [-0.15, -0.1) is 22.7 Å². The summed E-state index contributed by atoms with van der Waals surface area (Å²) in [4.78, 5) is 48.4. The number of ether oxygens (including phenoxy) is 4. The summed E-state index contributed by atoms with van der Waals surface area (Å²) in [5.74, 6) is 0.0620. The van der Waals surface area contributed by atoms with Crippen LogP contribution in [0.2, 0.25) is 0 Å². The van der Waals surface area contributed by atoms with E-state index in [4.69, 9.17) is 18.9 Å². The highest BCUT2D eigenvalue weighted by molar-refractivity contribution is 7.40. The first kappa shape index (κ1) is 27.0. The quantitative estimate of drug-likeness (QED) is 0.153. The van der Waals surface area contributed by atoms with E-state index in [0.29, 0.717) is 48.9 Å². The van der Waals surface area contributed by atoms with E-state index in [1.54, 1.807) is 62.4 Å². The minimum absolute atomic E-state index is 0.0224. The molecule has 0 radical (unpaired) electrons. The second kappa shape index (κ2) is 12.5. The Bertz CT molecular complexity index is 1340. The van der Waals surface area contributed by atoms with Crippen LogP contribution in [0.15, 0.2) is 48.5 Å². The lowest BCUT2D eigenvalue weighted by Crippen LogP contribution is -2.10. The molecule has 2 aromatic heterocycles. The average Bonchev–Trinajstić information content (AvgIpc) is 3.48. The Labute approximate surface area is 226 Å². The van der Waals surface area contributed by atoms with Gasteiger partial charge in [-0.25, -0.2) is 9.59 Å². The van der Waals surface area contributed by atoms with E-state index < -0.39 is 11.9 Å². The van der Waals surface area contributed by atoms with Crippen LogP contribution >= 0.6 is 22.7 Å². The van der Waals surface area contributed by atoms with Crippen molar-refractivity contribution < 1.29 is 38.1 Å². The van der Waals surface area contributed by atoms with E-state index in [9.17, 15) is 19.2 Å². The molecule has 0 atom stereocenters.